The second-order valence-corrected chi connectivity index (χ2v) is 3.19. The van der Waals surface area contributed by atoms with Crippen LogP contribution in [0.25, 0.3) is 0 Å². The van der Waals surface area contributed by atoms with E-state index in [1.807, 2.05) is 24.3 Å². The lowest BCUT2D eigenvalue weighted by atomic mass is 10.3. The molecule has 0 unspecified atom stereocenters. The molecule has 5 heteroatoms. The lowest BCUT2D eigenvalue weighted by Crippen LogP contribution is -2.08. The third-order valence-corrected chi connectivity index (χ3v) is 2.10. The van der Waals surface area contributed by atoms with Crippen LogP contribution in [0.3, 0.4) is 0 Å². The Bertz CT molecular complexity index is 429. The highest BCUT2D eigenvalue weighted by atomic mass is 16.5. The Morgan fingerprint density at radius 2 is 2.19 bits per heavy atom. The number of nitrogens with zero attached hydrogens (tertiary/aromatic N) is 3. The zero-order valence-electron chi connectivity index (χ0n) is 9.04. The SMILES string of the molecule is COc1cccc(OCCn2cncn2)c1. The molecule has 1 aromatic carbocycles. The Balaban J connectivity index is 1.85. The van der Waals surface area contributed by atoms with E-state index >= 15 is 0 Å². The highest BCUT2D eigenvalue weighted by Crippen LogP contribution is 2.18. The van der Waals surface area contributed by atoms with E-state index in [0.29, 0.717) is 13.2 Å². The molecule has 0 spiro atoms. The summed E-state index contributed by atoms with van der Waals surface area (Å²) < 4.78 is 12.4. The topological polar surface area (TPSA) is 49.2 Å². The van der Waals surface area contributed by atoms with Crippen LogP contribution in [0.1, 0.15) is 0 Å². The van der Waals surface area contributed by atoms with E-state index in [4.69, 9.17) is 9.47 Å². The Labute approximate surface area is 93.6 Å². The zero-order chi connectivity index (χ0) is 11.2. The van der Waals surface area contributed by atoms with Gasteiger partial charge in [-0.25, -0.2) is 9.67 Å². The van der Waals surface area contributed by atoms with E-state index in [1.165, 1.54) is 6.33 Å². The molecule has 0 bridgehead atoms. The van der Waals surface area contributed by atoms with Gasteiger partial charge in [-0.05, 0) is 12.1 Å². The van der Waals surface area contributed by atoms with Gasteiger partial charge in [0.15, 0.2) is 0 Å². The van der Waals surface area contributed by atoms with Crippen LogP contribution in [0.5, 0.6) is 11.5 Å². The first kappa shape index (κ1) is 10.5. The predicted octanol–water partition coefficient (Wildman–Crippen LogP) is 1.37. The summed E-state index contributed by atoms with van der Waals surface area (Å²) in [6, 6.07) is 7.51. The lowest BCUT2D eigenvalue weighted by molar-refractivity contribution is 0.289. The van der Waals surface area contributed by atoms with Crippen molar-refractivity contribution in [1.29, 1.82) is 0 Å². The minimum atomic E-state index is 0.552. The normalized spacial score (nSPS) is 10.1. The molecule has 0 aliphatic rings. The summed E-state index contributed by atoms with van der Waals surface area (Å²) in [6.07, 6.45) is 3.17. The molecule has 5 nitrogen and oxygen atoms in total. The van der Waals surface area contributed by atoms with Crippen molar-refractivity contribution in [3.8, 4) is 11.5 Å². The first-order chi connectivity index (χ1) is 7.88. The molecule has 2 rings (SSSR count). The summed E-state index contributed by atoms with van der Waals surface area (Å²) in [6.45, 7) is 1.23. The van der Waals surface area contributed by atoms with Crippen molar-refractivity contribution in [3.63, 3.8) is 0 Å². The van der Waals surface area contributed by atoms with Gasteiger partial charge >= 0.3 is 0 Å². The van der Waals surface area contributed by atoms with Crippen molar-refractivity contribution in [2.45, 2.75) is 6.54 Å². The van der Waals surface area contributed by atoms with Crippen LogP contribution in [-0.4, -0.2) is 28.5 Å². The van der Waals surface area contributed by atoms with E-state index < -0.39 is 0 Å². The molecule has 0 saturated heterocycles. The number of hydrogen-bond donors (Lipinski definition) is 0. The minimum absolute atomic E-state index is 0.552. The van der Waals surface area contributed by atoms with Gasteiger partial charge in [0.1, 0.15) is 30.8 Å². The summed E-state index contributed by atoms with van der Waals surface area (Å²) in [7, 11) is 1.63. The van der Waals surface area contributed by atoms with Crippen molar-refractivity contribution in [2.75, 3.05) is 13.7 Å². The van der Waals surface area contributed by atoms with Crippen molar-refractivity contribution < 1.29 is 9.47 Å². The number of benzene rings is 1. The van der Waals surface area contributed by atoms with Crippen LogP contribution < -0.4 is 9.47 Å². The van der Waals surface area contributed by atoms with Gasteiger partial charge in [0, 0.05) is 6.07 Å². The third-order valence-electron chi connectivity index (χ3n) is 2.10. The Hall–Kier alpha value is -2.04. The highest BCUT2D eigenvalue weighted by Gasteiger charge is 1.97. The Morgan fingerprint density at radius 3 is 2.94 bits per heavy atom. The standard InChI is InChI=1S/C11H13N3O2/c1-15-10-3-2-4-11(7-10)16-6-5-14-9-12-8-13-14/h2-4,7-9H,5-6H2,1H3. The highest BCUT2D eigenvalue weighted by molar-refractivity contribution is 5.32. The van der Waals surface area contributed by atoms with Crippen LogP contribution in [0.15, 0.2) is 36.9 Å². The molecular formula is C11H13N3O2. The Kier molecular flexibility index (Phi) is 3.38. The number of rotatable bonds is 5. The average Bonchev–Trinajstić information content (AvgIpc) is 2.82. The summed E-state index contributed by atoms with van der Waals surface area (Å²) in [5, 5.41) is 3.98. The molecule has 0 amide bonds. The smallest absolute Gasteiger partial charge is 0.137 e. The number of methoxy groups -OCH3 is 1. The van der Waals surface area contributed by atoms with Gasteiger partial charge in [0.05, 0.1) is 13.7 Å². The molecule has 16 heavy (non-hydrogen) atoms. The van der Waals surface area contributed by atoms with Crippen LogP contribution >= 0.6 is 0 Å². The first-order valence-electron chi connectivity index (χ1n) is 4.98. The third kappa shape index (κ3) is 2.73. The van der Waals surface area contributed by atoms with Gasteiger partial charge in [0.2, 0.25) is 0 Å². The molecule has 0 saturated carbocycles. The largest absolute Gasteiger partial charge is 0.497 e. The van der Waals surface area contributed by atoms with E-state index in [2.05, 4.69) is 10.1 Å². The van der Waals surface area contributed by atoms with E-state index in [0.717, 1.165) is 11.5 Å². The maximum Gasteiger partial charge on any atom is 0.137 e. The van der Waals surface area contributed by atoms with E-state index in [-0.39, 0.29) is 0 Å². The fraction of sp³-hybridized carbons (Fsp3) is 0.273. The molecule has 0 fully saturated rings. The maximum absolute atomic E-state index is 5.55. The molecule has 1 heterocycles. The van der Waals surface area contributed by atoms with E-state index in [1.54, 1.807) is 18.1 Å². The monoisotopic (exact) mass is 219 g/mol. The summed E-state index contributed by atoms with van der Waals surface area (Å²) in [5.74, 6) is 1.58. The molecule has 1 aromatic heterocycles. The van der Waals surface area contributed by atoms with Gasteiger partial charge in [-0.15, -0.1) is 0 Å². The molecule has 0 radical (unpaired) electrons. The predicted molar refractivity (Wildman–Crippen MR) is 58.5 cm³/mol. The Morgan fingerprint density at radius 1 is 1.31 bits per heavy atom. The van der Waals surface area contributed by atoms with Crippen LogP contribution in [0, 0.1) is 0 Å². The molecule has 0 atom stereocenters. The fourth-order valence-corrected chi connectivity index (χ4v) is 1.30. The van der Waals surface area contributed by atoms with E-state index in [9.17, 15) is 0 Å². The zero-order valence-corrected chi connectivity index (χ0v) is 9.04. The van der Waals surface area contributed by atoms with Gasteiger partial charge in [-0.2, -0.15) is 5.10 Å². The van der Waals surface area contributed by atoms with Crippen molar-refractivity contribution >= 4 is 0 Å². The second-order valence-electron chi connectivity index (χ2n) is 3.19. The molecule has 2 aromatic rings. The minimum Gasteiger partial charge on any atom is -0.497 e. The molecular weight excluding hydrogens is 206 g/mol. The quantitative estimate of drug-likeness (QED) is 0.762. The second kappa shape index (κ2) is 5.16. The van der Waals surface area contributed by atoms with Gasteiger partial charge < -0.3 is 9.47 Å². The lowest BCUT2D eigenvalue weighted by Gasteiger charge is -2.07. The van der Waals surface area contributed by atoms with Crippen LogP contribution in [-0.2, 0) is 6.54 Å². The fourth-order valence-electron chi connectivity index (χ4n) is 1.30. The average molecular weight is 219 g/mol. The van der Waals surface area contributed by atoms with Crippen molar-refractivity contribution in [1.82, 2.24) is 14.8 Å². The molecule has 0 aliphatic carbocycles. The summed E-state index contributed by atoms with van der Waals surface area (Å²) in [5.41, 5.74) is 0. The molecule has 0 N–H and O–H groups in total. The van der Waals surface area contributed by atoms with Gasteiger partial charge in [0.25, 0.3) is 0 Å². The maximum atomic E-state index is 5.55. The van der Waals surface area contributed by atoms with Crippen LogP contribution in [0.2, 0.25) is 0 Å². The number of aromatic nitrogens is 3. The van der Waals surface area contributed by atoms with Crippen molar-refractivity contribution in [3.05, 3.63) is 36.9 Å². The van der Waals surface area contributed by atoms with Gasteiger partial charge in [-0.3, -0.25) is 0 Å². The summed E-state index contributed by atoms with van der Waals surface area (Å²) in [4.78, 5) is 3.85. The molecule has 84 valence electrons. The molecule has 0 aliphatic heterocycles. The number of ether oxygens (including phenoxy) is 2. The van der Waals surface area contributed by atoms with Gasteiger partial charge in [-0.1, -0.05) is 6.07 Å². The van der Waals surface area contributed by atoms with Crippen LogP contribution in [0.4, 0.5) is 0 Å². The number of hydrogen-bond acceptors (Lipinski definition) is 4. The summed E-state index contributed by atoms with van der Waals surface area (Å²) >= 11 is 0. The first-order valence-corrected chi connectivity index (χ1v) is 4.98. The van der Waals surface area contributed by atoms with Crippen molar-refractivity contribution in [2.24, 2.45) is 0 Å².